The summed E-state index contributed by atoms with van der Waals surface area (Å²) >= 11 is 0. The Hall–Kier alpha value is -3.09. The first kappa shape index (κ1) is 15.8. The Morgan fingerprint density at radius 1 is 1.25 bits per heavy atom. The van der Waals surface area contributed by atoms with Crippen molar-refractivity contribution in [2.75, 3.05) is 18.0 Å². The molecule has 0 spiro atoms. The minimum Gasteiger partial charge on any atom is -0.502 e. The van der Waals surface area contributed by atoms with Crippen molar-refractivity contribution in [3.8, 4) is 5.75 Å². The lowest BCUT2D eigenvalue weighted by Crippen LogP contribution is -2.37. The van der Waals surface area contributed by atoms with E-state index in [0.29, 0.717) is 6.54 Å². The van der Waals surface area contributed by atoms with Gasteiger partial charge in [-0.15, -0.1) is 0 Å². The number of hydrogen-bond acceptors (Lipinski definition) is 5. The van der Waals surface area contributed by atoms with E-state index in [1.54, 1.807) is 0 Å². The van der Waals surface area contributed by atoms with Crippen LogP contribution in [0.5, 0.6) is 5.75 Å². The van der Waals surface area contributed by atoms with Gasteiger partial charge in [-0.25, -0.2) is 0 Å². The summed E-state index contributed by atoms with van der Waals surface area (Å²) in [4.78, 5) is 24.6. The topological polar surface area (TPSA) is 95.7 Å². The molecule has 2 N–H and O–H groups in total. The summed E-state index contributed by atoms with van der Waals surface area (Å²) in [6.45, 7) is 1.53. The number of nitro groups is 1. The molecule has 0 saturated carbocycles. The molecule has 7 heteroatoms. The number of rotatable bonds is 4. The van der Waals surface area contributed by atoms with Crippen molar-refractivity contribution in [3.05, 3.63) is 64.2 Å². The number of phenols is 1. The van der Waals surface area contributed by atoms with Gasteiger partial charge in [0.25, 0.3) is 5.91 Å². The van der Waals surface area contributed by atoms with Crippen LogP contribution in [0.25, 0.3) is 0 Å². The molecule has 1 atom stereocenters. The Balaban J connectivity index is 1.66. The Kier molecular flexibility index (Phi) is 4.33. The van der Waals surface area contributed by atoms with E-state index in [1.165, 1.54) is 6.07 Å². The number of nitrogens with one attached hydrogen (secondary N) is 1. The van der Waals surface area contributed by atoms with Gasteiger partial charge in [0.05, 0.1) is 4.92 Å². The Morgan fingerprint density at radius 3 is 2.71 bits per heavy atom. The summed E-state index contributed by atoms with van der Waals surface area (Å²) < 4.78 is 0. The van der Waals surface area contributed by atoms with Crippen LogP contribution in [0.3, 0.4) is 0 Å². The highest BCUT2D eigenvalue weighted by Gasteiger charge is 2.25. The normalized spacial score (nSPS) is 16.8. The second-order valence-electron chi connectivity index (χ2n) is 5.70. The molecule has 1 fully saturated rings. The maximum absolute atomic E-state index is 12.3. The fraction of sp³-hybridized carbons (Fsp3) is 0.235. The van der Waals surface area contributed by atoms with Crippen LogP contribution >= 0.6 is 0 Å². The average molecular weight is 327 g/mol. The third-order valence-electron chi connectivity index (χ3n) is 4.08. The smallest absolute Gasteiger partial charge is 0.311 e. The van der Waals surface area contributed by atoms with Gasteiger partial charge < -0.3 is 15.3 Å². The number of nitrogens with zero attached hydrogens (tertiary/aromatic N) is 2. The number of hydrogen-bond donors (Lipinski definition) is 2. The second kappa shape index (κ2) is 6.57. The van der Waals surface area contributed by atoms with Crippen LogP contribution in [-0.2, 0) is 0 Å². The van der Waals surface area contributed by atoms with Gasteiger partial charge in [0.15, 0.2) is 5.75 Å². The molecule has 1 saturated heterocycles. The Morgan fingerprint density at radius 2 is 2.00 bits per heavy atom. The zero-order chi connectivity index (χ0) is 17.1. The standard InChI is InChI=1S/C17H17N3O4/c21-16-7-6-12(10-15(16)20(23)24)17(22)18-13-8-9-19(11-13)14-4-2-1-3-5-14/h1-7,10,13,21H,8-9,11H2,(H,18,22)/t13-/m1/s1. The molecule has 0 unspecified atom stereocenters. The van der Waals surface area contributed by atoms with E-state index in [2.05, 4.69) is 10.2 Å². The highest BCUT2D eigenvalue weighted by molar-refractivity contribution is 5.95. The molecular formula is C17H17N3O4. The quantitative estimate of drug-likeness (QED) is 0.663. The first-order valence-electron chi connectivity index (χ1n) is 7.63. The Labute approximate surface area is 138 Å². The van der Waals surface area contributed by atoms with Crippen molar-refractivity contribution in [1.82, 2.24) is 5.32 Å². The van der Waals surface area contributed by atoms with Gasteiger partial charge in [-0.2, -0.15) is 0 Å². The number of aromatic hydroxyl groups is 1. The largest absolute Gasteiger partial charge is 0.502 e. The SMILES string of the molecule is O=C(N[C@@H]1CCN(c2ccccc2)C1)c1ccc(O)c([N+](=O)[O-])c1. The molecule has 1 aliphatic rings. The van der Waals surface area contributed by atoms with Crippen LogP contribution in [0.15, 0.2) is 48.5 Å². The number of benzene rings is 2. The molecule has 1 amide bonds. The monoisotopic (exact) mass is 327 g/mol. The number of amides is 1. The second-order valence-corrected chi connectivity index (χ2v) is 5.70. The fourth-order valence-electron chi connectivity index (χ4n) is 2.83. The Bertz CT molecular complexity index is 764. The van der Waals surface area contributed by atoms with Gasteiger partial charge in [0, 0.05) is 36.4 Å². The van der Waals surface area contributed by atoms with Gasteiger partial charge in [0.1, 0.15) is 0 Å². The predicted molar refractivity (Wildman–Crippen MR) is 89.3 cm³/mol. The maximum Gasteiger partial charge on any atom is 0.311 e. The third kappa shape index (κ3) is 3.29. The van der Waals surface area contributed by atoms with E-state index in [-0.39, 0.29) is 17.5 Å². The van der Waals surface area contributed by atoms with E-state index in [9.17, 15) is 20.0 Å². The van der Waals surface area contributed by atoms with Crippen LogP contribution < -0.4 is 10.2 Å². The van der Waals surface area contributed by atoms with Crippen molar-refractivity contribution in [2.45, 2.75) is 12.5 Å². The molecule has 1 heterocycles. The zero-order valence-electron chi connectivity index (χ0n) is 12.9. The summed E-state index contributed by atoms with van der Waals surface area (Å²) in [6.07, 6.45) is 0.806. The van der Waals surface area contributed by atoms with E-state index < -0.39 is 16.4 Å². The molecular weight excluding hydrogens is 310 g/mol. The van der Waals surface area contributed by atoms with Crippen LogP contribution in [0.4, 0.5) is 11.4 Å². The molecule has 7 nitrogen and oxygen atoms in total. The first-order chi connectivity index (χ1) is 11.5. The molecule has 2 aromatic rings. The van der Waals surface area contributed by atoms with Gasteiger partial charge in [-0.05, 0) is 30.7 Å². The minimum absolute atomic E-state index is 0.0226. The van der Waals surface area contributed by atoms with Crippen molar-refractivity contribution >= 4 is 17.3 Å². The third-order valence-corrected chi connectivity index (χ3v) is 4.08. The summed E-state index contributed by atoms with van der Waals surface area (Å²) in [5.41, 5.74) is 0.798. The number of carbonyl (C=O) groups excluding carboxylic acids is 1. The summed E-state index contributed by atoms with van der Waals surface area (Å²) in [5.74, 6) is -0.828. The molecule has 0 radical (unpaired) electrons. The van der Waals surface area contributed by atoms with E-state index >= 15 is 0 Å². The van der Waals surface area contributed by atoms with Crippen LogP contribution in [0, 0.1) is 10.1 Å². The molecule has 1 aliphatic heterocycles. The molecule has 124 valence electrons. The van der Waals surface area contributed by atoms with E-state index in [0.717, 1.165) is 30.8 Å². The molecule has 0 bridgehead atoms. The van der Waals surface area contributed by atoms with E-state index in [4.69, 9.17) is 0 Å². The lowest BCUT2D eigenvalue weighted by atomic mass is 10.1. The number of nitro benzene ring substituents is 1. The lowest BCUT2D eigenvalue weighted by molar-refractivity contribution is -0.385. The molecule has 24 heavy (non-hydrogen) atoms. The molecule has 3 rings (SSSR count). The zero-order valence-corrected chi connectivity index (χ0v) is 12.9. The predicted octanol–water partition coefficient (Wildman–Crippen LogP) is 2.31. The molecule has 0 aliphatic carbocycles. The number of anilines is 1. The van der Waals surface area contributed by atoms with Crippen molar-refractivity contribution in [1.29, 1.82) is 0 Å². The summed E-state index contributed by atoms with van der Waals surface area (Å²) in [7, 11) is 0. The van der Waals surface area contributed by atoms with Gasteiger partial charge in [-0.1, -0.05) is 18.2 Å². The fourth-order valence-corrected chi connectivity index (χ4v) is 2.83. The number of phenolic OH excluding ortho intramolecular Hbond substituents is 1. The maximum atomic E-state index is 12.3. The average Bonchev–Trinajstić information content (AvgIpc) is 3.04. The highest BCUT2D eigenvalue weighted by atomic mass is 16.6. The highest BCUT2D eigenvalue weighted by Crippen LogP contribution is 2.26. The van der Waals surface area contributed by atoms with Crippen LogP contribution in [-0.4, -0.2) is 35.1 Å². The summed E-state index contributed by atoms with van der Waals surface area (Å²) in [6, 6.07) is 13.5. The van der Waals surface area contributed by atoms with Crippen molar-refractivity contribution < 1.29 is 14.8 Å². The molecule has 0 aromatic heterocycles. The van der Waals surface area contributed by atoms with Crippen molar-refractivity contribution in [2.24, 2.45) is 0 Å². The molecule has 2 aromatic carbocycles. The number of carbonyl (C=O) groups is 1. The lowest BCUT2D eigenvalue weighted by Gasteiger charge is -2.19. The van der Waals surface area contributed by atoms with Gasteiger partial charge >= 0.3 is 5.69 Å². The number of para-hydroxylation sites is 1. The van der Waals surface area contributed by atoms with Crippen LogP contribution in [0.1, 0.15) is 16.8 Å². The van der Waals surface area contributed by atoms with Crippen molar-refractivity contribution in [3.63, 3.8) is 0 Å². The first-order valence-corrected chi connectivity index (χ1v) is 7.63. The summed E-state index contributed by atoms with van der Waals surface area (Å²) in [5, 5.41) is 23.2. The van der Waals surface area contributed by atoms with Crippen LogP contribution in [0.2, 0.25) is 0 Å². The van der Waals surface area contributed by atoms with Gasteiger partial charge in [0.2, 0.25) is 0 Å². The van der Waals surface area contributed by atoms with E-state index in [1.807, 2.05) is 30.3 Å². The van der Waals surface area contributed by atoms with Gasteiger partial charge in [-0.3, -0.25) is 14.9 Å². The minimum atomic E-state index is -0.710.